The molecule has 1 aromatic heterocycles. The number of nitrogens with one attached hydrogen (secondary N) is 1. The van der Waals surface area contributed by atoms with E-state index in [0.29, 0.717) is 0 Å². The average molecular weight is 221 g/mol. The van der Waals surface area contributed by atoms with Crippen molar-refractivity contribution in [1.82, 2.24) is 0 Å². The molecule has 0 saturated heterocycles. The summed E-state index contributed by atoms with van der Waals surface area (Å²) >= 11 is 1.73. The normalized spacial score (nSPS) is 10.3. The SMILES string of the molecule is CNc1ccc(Cc2ccc(F)cc2)s1. The van der Waals surface area contributed by atoms with Gasteiger partial charge in [0.25, 0.3) is 0 Å². The van der Waals surface area contributed by atoms with Crippen molar-refractivity contribution in [2.45, 2.75) is 6.42 Å². The number of thiophene rings is 1. The Morgan fingerprint density at radius 1 is 1.13 bits per heavy atom. The van der Waals surface area contributed by atoms with Crippen molar-refractivity contribution in [3.05, 3.63) is 52.7 Å². The van der Waals surface area contributed by atoms with Crippen molar-refractivity contribution in [1.29, 1.82) is 0 Å². The number of halogens is 1. The maximum absolute atomic E-state index is 12.7. The standard InChI is InChI=1S/C12H12FNS/c1-14-12-7-6-11(15-12)8-9-2-4-10(13)5-3-9/h2-7,14H,8H2,1H3. The van der Waals surface area contributed by atoms with E-state index in [1.54, 1.807) is 11.3 Å². The Kier molecular flexibility index (Phi) is 3.02. The van der Waals surface area contributed by atoms with Gasteiger partial charge in [0, 0.05) is 18.3 Å². The van der Waals surface area contributed by atoms with Crippen LogP contribution < -0.4 is 5.32 Å². The average Bonchev–Trinajstić information content (AvgIpc) is 2.69. The van der Waals surface area contributed by atoms with Gasteiger partial charge in [0.1, 0.15) is 5.82 Å². The van der Waals surface area contributed by atoms with Gasteiger partial charge in [-0.2, -0.15) is 0 Å². The van der Waals surface area contributed by atoms with Crippen molar-refractivity contribution < 1.29 is 4.39 Å². The first kappa shape index (κ1) is 10.2. The van der Waals surface area contributed by atoms with Crippen LogP contribution in [0.1, 0.15) is 10.4 Å². The van der Waals surface area contributed by atoms with Gasteiger partial charge in [-0.25, -0.2) is 4.39 Å². The molecule has 0 amide bonds. The highest BCUT2D eigenvalue weighted by Crippen LogP contribution is 2.23. The molecule has 0 spiro atoms. The topological polar surface area (TPSA) is 12.0 Å². The molecule has 0 fully saturated rings. The Morgan fingerprint density at radius 2 is 1.87 bits per heavy atom. The molecule has 1 nitrogen and oxygen atoms in total. The molecule has 3 heteroatoms. The molecule has 15 heavy (non-hydrogen) atoms. The highest BCUT2D eigenvalue weighted by Gasteiger charge is 2.00. The largest absolute Gasteiger partial charge is 0.380 e. The third-order valence-corrected chi connectivity index (χ3v) is 3.30. The summed E-state index contributed by atoms with van der Waals surface area (Å²) in [6.45, 7) is 0. The minimum absolute atomic E-state index is 0.180. The first-order valence-corrected chi connectivity index (χ1v) is 5.60. The van der Waals surface area contributed by atoms with E-state index in [2.05, 4.69) is 17.4 Å². The highest BCUT2D eigenvalue weighted by atomic mass is 32.1. The fourth-order valence-corrected chi connectivity index (χ4v) is 2.31. The monoisotopic (exact) mass is 221 g/mol. The highest BCUT2D eigenvalue weighted by molar-refractivity contribution is 7.16. The van der Waals surface area contributed by atoms with Gasteiger partial charge in [0.2, 0.25) is 0 Å². The van der Waals surface area contributed by atoms with Crippen LogP contribution in [-0.4, -0.2) is 7.05 Å². The van der Waals surface area contributed by atoms with Crippen LogP contribution in [0.4, 0.5) is 9.39 Å². The van der Waals surface area contributed by atoms with E-state index in [1.807, 2.05) is 19.2 Å². The molecule has 0 aliphatic heterocycles. The Bertz CT molecular complexity index is 433. The number of rotatable bonds is 3. The summed E-state index contributed by atoms with van der Waals surface area (Å²) in [5.74, 6) is -0.180. The van der Waals surface area contributed by atoms with Gasteiger partial charge in [0.05, 0.1) is 5.00 Å². The molecule has 0 atom stereocenters. The maximum atomic E-state index is 12.7. The van der Waals surface area contributed by atoms with E-state index < -0.39 is 0 Å². The van der Waals surface area contributed by atoms with Crippen LogP contribution in [0.25, 0.3) is 0 Å². The first-order chi connectivity index (χ1) is 7.28. The first-order valence-electron chi connectivity index (χ1n) is 4.79. The van der Waals surface area contributed by atoms with Crippen LogP contribution in [0.5, 0.6) is 0 Å². The predicted molar refractivity (Wildman–Crippen MR) is 63.1 cm³/mol. The van der Waals surface area contributed by atoms with E-state index in [-0.39, 0.29) is 5.82 Å². The van der Waals surface area contributed by atoms with Crippen LogP contribution in [0.2, 0.25) is 0 Å². The lowest BCUT2D eigenvalue weighted by atomic mass is 10.1. The van der Waals surface area contributed by atoms with Crippen molar-refractivity contribution in [3.8, 4) is 0 Å². The van der Waals surface area contributed by atoms with Gasteiger partial charge in [0.15, 0.2) is 0 Å². The summed E-state index contributed by atoms with van der Waals surface area (Å²) in [5.41, 5.74) is 1.14. The zero-order valence-corrected chi connectivity index (χ0v) is 9.27. The zero-order valence-electron chi connectivity index (χ0n) is 8.46. The van der Waals surface area contributed by atoms with Gasteiger partial charge in [-0.05, 0) is 29.8 Å². The minimum Gasteiger partial charge on any atom is -0.380 e. The van der Waals surface area contributed by atoms with Gasteiger partial charge in [-0.15, -0.1) is 11.3 Å². The van der Waals surface area contributed by atoms with E-state index in [9.17, 15) is 4.39 Å². The predicted octanol–water partition coefficient (Wildman–Crippen LogP) is 3.52. The molecule has 0 aliphatic rings. The van der Waals surface area contributed by atoms with Crippen LogP contribution in [0.3, 0.4) is 0 Å². The van der Waals surface area contributed by atoms with E-state index in [4.69, 9.17) is 0 Å². The second-order valence-electron chi connectivity index (χ2n) is 3.32. The molecule has 0 bridgehead atoms. The molecule has 2 aromatic rings. The van der Waals surface area contributed by atoms with Crippen molar-refractivity contribution in [2.75, 3.05) is 12.4 Å². The summed E-state index contributed by atoms with van der Waals surface area (Å²) < 4.78 is 12.7. The second-order valence-corrected chi connectivity index (χ2v) is 4.49. The Hall–Kier alpha value is -1.35. The fraction of sp³-hybridized carbons (Fsp3) is 0.167. The number of hydrogen-bond donors (Lipinski definition) is 1. The smallest absolute Gasteiger partial charge is 0.123 e. The van der Waals surface area contributed by atoms with Crippen molar-refractivity contribution >= 4 is 16.3 Å². The molecular weight excluding hydrogens is 209 g/mol. The van der Waals surface area contributed by atoms with Crippen LogP contribution >= 0.6 is 11.3 Å². The maximum Gasteiger partial charge on any atom is 0.123 e. The Labute approximate surface area is 92.6 Å². The molecule has 0 aliphatic carbocycles. The lowest BCUT2D eigenvalue weighted by Crippen LogP contribution is -1.84. The Morgan fingerprint density at radius 3 is 2.47 bits per heavy atom. The quantitative estimate of drug-likeness (QED) is 0.836. The molecular formula is C12H12FNS. The molecule has 1 N–H and O–H groups in total. The lowest BCUT2D eigenvalue weighted by molar-refractivity contribution is 0.627. The Balaban J connectivity index is 2.11. The number of hydrogen-bond acceptors (Lipinski definition) is 2. The molecule has 1 heterocycles. The summed E-state index contributed by atoms with van der Waals surface area (Å²) in [7, 11) is 1.91. The van der Waals surface area contributed by atoms with Gasteiger partial charge >= 0.3 is 0 Å². The van der Waals surface area contributed by atoms with Crippen molar-refractivity contribution in [3.63, 3.8) is 0 Å². The summed E-state index contributed by atoms with van der Waals surface area (Å²) in [4.78, 5) is 1.28. The van der Waals surface area contributed by atoms with Gasteiger partial charge in [-0.1, -0.05) is 12.1 Å². The third kappa shape index (κ3) is 2.57. The van der Waals surface area contributed by atoms with Gasteiger partial charge in [-0.3, -0.25) is 0 Å². The summed E-state index contributed by atoms with van der Waals surface area (Å²) in [5, 5.41) is 4.26. The van der Waals surface area contributed by atoms with Crippen LogP contribution in [-0.2, 0) is 6.42 Å². The second kappa shape index (κ2) is 4.45. The third-order valence-electron chi connectivity index (χ3n) is 2.20. The molecule has 0 unspecified atom stereocenters. The fourth-order valence-electron chi connectivity index (χ4n) is 1.41. The van der Waals surface area contributed by atoms with Crippen LogP contribution in [0, 0.1) is 5.82 Å². The van der Waals surface area contributed by atoms with E-state index in [0.717, 1.165) is 17.0 Å². The lowest BCUT2D eigenvalue weighted by Gasteiger charge is -1.98. The molecule has 78 valence electrons. The van der Waals surface area contributed by atoms with Crippen LogP contribution in [0.15, 0.2) is 36.4 Å². The van der Waals surface area contributed by atoms with E-state index in [1.165, 1.54) is 17.0 Å². The number of anilines is 1. The molecule has 1 aromatic carbocycles. The number of benzene rings is 1. The molecule has 0 radical (unpaired) electrons. The molecule has 0 saturated carbocycles. The summed E-state index contributed by atoms with van der Waals surface area (Å²) in [6.07, 6.45) is 0.868. The minimum atomic E-state index is -0.180. The molecule has 2 rings (SSSR count). The summed E-state index contributed by atoms with van der Waals surface area (Å²) in [6, 6.07) is 10.8. The van der Waals surface area contributed by atoms with Crippen molar-refractivity contribution in [2.24, 2.45) is 0 Å². The zero-order chi connectivity index (χ0) is 10.7. The van der Waals surface area contributed by atoms with E-state index >= 15 is 0 Å². The van der Waals surface area contributed by atoms with Gasteiger partial charge < -0.3 is 5.32 Å².